The summed E-state index contributed by atoms with van der Waals surface area (Å²) >= 11 is 1.88. The van der Waals surface area contributed by atoms with Crippen molar-refractivity contribution in [3.05, 3.63) is 66.7 Å². The Labute approximate surface area is 180 Å². The smallest absolute Gasteiger partial charge is 0.399 e. The molecule has 1 aromatic heterocycles. The maximum Gasteiger partial charge on any atom is 0.494 e. The highest BCUT2D eigenvalue weighted by Gasteiger charge is 2.51. The molecule has 0 atom stereocenters. The van der Waals surface area contributed by atoms with Gasteiger partial charge in [0.1, 0.15) is 0 Å². The first-order chi connectivity index (χ1) is 14.4. The minimum Gasteiger partial charge on any atom is -0.399 e. The van der Waals surface area contributed by atoms with Crippen LogP contribution in [0.5, 0.6) is 0 Å². The summed E-state index contributed by atoms with van der Waals surface area (Å²) in [6, 6.07) is 24.2. The minimum atomic E-state index is -0.351. The first-order valence-corrected chi connectivity index (χ1v) is 11.3. The van der Waals surface area contributed by atoms with Crippen molar-refractivity contribution in [2.75, 3.05) is 0 Å². The lowest BCUT2D eigenvalue weighted by molar-refractivity contribution is 0.00578. The molecule has 2 nitrogen and oxygen atoms in total. The molecule has 2 heterocycles. The molecule has 30 heavy (non-hydrogen) atoms. The highest BCUT2D eigenvalue weighted by molar-refractivity contribution is 7.27. The summed E-state index contributed by atoms with van der Waals surface area (Å²) in [4.78, 5) is 0. The van der Waals surface area contributed by atoms with Crippen LogP contribution in [0.15, 0.2) is 66.7 Å². The average molecular weight is 410 g/mol. The fourth-order valence-electron chi connectivity index (χ4n) is 4.55. The molecule has 0 saturated carbocycles. The maximum absolute atomic E-state index is 6.33. The summed E-state index contributed by atoms with van der Waals surface area (Å²) in [5, 5.41) is 7.85. The van der Waals surface area contributed by atoms with Gasteiger partial charge < -0.3 is 9.31 Å². The topological polar surface area (TPSA) is 18.5 Å². The lowest BCUT2D eigenvalue weighted by Crippen LogP contribution is -2.41. The number of benzene rings is 4. The van der Waals surface area contributed by atoms with Crippen LogP contribution in [-0.2, 0) is 9.31 Å². The molecule has 1 aliphatic heterocycles. The zero-order chi connectivity index (χ0) is 20.7. The first-order valence-electron chi connectivity index (χ1n) is 10.5. The highest BCUT2D eigenvalue weighted by Crippen LogP contribution is 2.44. The van der Waals surface area contributed by atoms with Crippen LogP contribution >= 0.6 is 11.3 Å². The number of hydrogen-bond acceptors (Lipinski definition) is 3. The molecule has 0 N–H and O–H groups in total. The van der Waals surface area contributed by atoms with Crippen LogP contribution in [0.25, 0.3) is 41.7 Å². The molecule has 4 aromatic carbocycles. The van der Waals surface area contributed by atoms with Gasteiger partial charge in [-0.05, 0) is 55.4 Å². The Morgan fingerprint density at radius 1 is 0.667 bits per heavy atom. The second-order valence-corrected chi connectivity index (χ2v) is 10.3. The molecule has 0 bridgehead atoms. The van der Waals surface area contributed by atoms with Gasteiger partial charge in [-0.25, -0.2) is 0 Å². The standard InChI is InChI=1S/C26H23BO2S/c1-25(2)26(3,4)29-27(28-25)16-13-14-19-21(15-16)17-9-5-6-10-18(17)23-20-11-7-8-12-22(20)30-24(19)23/h5-15H,1-4H3. The Bertz CT molecular complexity index is 1450. The molecule has 0 unspecified atom stereocenters. The molecule has 148 valence electrons. The number of thiophene rings is 1. The zero-order valence-corrected chi connectivity index (χ0v) is 18.5. The SMILES string of the molecule is CC1(C)OB(c2ccc3c(c2)c2ccccc2c2c4ccccc4sc32)OC1(C)C. The van der Waals surface area contributed by atoms with E-state index in [-0.39, 0.29) is 18.3 Å². The number of rotatable bonds is 1. The third-order valence-electron chi connectivity index (χ3n) is 6.90. The van der Waals surface area contributed by atoms with E-state index in [0.29, 0.717) is 0 Å². The van der Waals surface area contributed by atoms with Crippen molar-refractivity contribution in [3.8, 4) is 0 Å². The second-order valence-electron chi connectivity index (χ2n) is 9.24. The van der Waals surface area contributed by atoms with Gasteiger partial charge in [0.2, 0.25) is 0 Å². The second kappa shape index (κ2) is 6.07. The minimum absolute atomic E-state index is 0.343. The number of hydrogen-bond donors (Lipinski definition) is 0. The van der Waals surface area contributed by atoms with E-state index in [1.165, 1.54) is 41.7 Å². The van der Waals surface area contributed by atoms with Gasteiger partial charge in [-0.15, -0.1) is 11.3 Å². The van der Waals surface area contributed by atoms with Crippen molar-refractivity contribution in [2.24, 2.45) is 0 Å². The molecule has 0 aliphatic carbocycles. The van der Waals surface area contributed by atoms with E-state index in [0.717, 1.165) is 5.46 Å². The maximum atomic E-state index is 6.33. The summed E-state index contributed by atoms with van der Waals surface area (Å²) in [5.41, 5.74) is 0.389. The van der Waals surface area contributed by atoms with Crippen molar-refractivity contribution in [2.45, 2.75) is 38.9 Å². The zero-order valence-electron chi connectivity index (χ0n) is 17.7. The molecular weight excluding hydrogens is 387 g/mol. The molecule has 4 heteroatoms. The fraction of sp³-hybridized carbons (Fsp3) is 0.231. The van der Waals surface area contributed by atoms with Crippen molar-refractivity contribution < 1.29 is 9.31 Å². The van der Waals surface area contributed by atoms with Gasteiger partial charge in [-0.3, -0.25) is 0 Å². The summed E-state index contributed by atoms with van der Waals surface area (Å²) < 4.78 is 15.3. The van der Waals surface area contributed by atoms with E-state index in [4.69, 9.17) is 9.31 Å². The van der Waals surface area contributed by atoms with Crippen molar-refractivity contribution >= 4 is 65.6 Å². The molecule has 0 amide bonds. The predicted octanol–water partition coefficient (Wildman–Crippen LogP) is 6.66. The normalized spacial score (nSPS) is 18.2. The molecule has 6 rings (SSSR count). The quantitative estimate of drug-likeness (QED) is 0.227. The monoisotopic (exact) mass is 410 g/mol. The Morgan fingerprint density at radius 2 is 1.30 bits per heavy atom. The van der Waals surface area contributed by atoms with Gasteiger partial charge in [0, 0.05) is 25.6 Å². The molecule has 1 aliphatic rings. The van der Waals surface area contributed by atoms with E-state index < -0.39 is 0 Å². The summed E-state index contributed by atoms with van der Waals surface area (Å²) in [5.74, 6) is 0. The largest absolute Gasteiger partial charge is 0.494 e. The van der Waals surface area contributed by atoms with Gasteiger partial charge in [-0.1, -0.05) is 60.7 Å². The van der Waals surface area contributed by atoms with Crippen LogP contribution in [-0.4, -0.2) is 18.3 Å². The fourth-order valence-corrected chi connectivity index (χ4v) is 5.80. The van der Waals surface area contributed by atoms with Crippen LogP contribution in [0, 0.1) is 0 Å². The van der Waals surface area contributed by atoms with Crippen LogP contribution in [0.2, 0.25) is 0 Å². The summed E-state index contributed by atoms with van der Waals surface area (Å²) in [6.45, 7) is 8.41. The van der Waals surface area contributed by atoms with Crippen LogP contribution in [0.1, 0.15) is 27.7 Å². The third-order valence-corrected chi connectivity index (χ3v) is 8.10. The molecule has 1 fully saturated rings. The molecule has 1 saturated heterocycles. The number of fused-ring (bicyclic) bond motifs is 8. The summed E-state index contributed by atoms with van der Waals surface area (Å²) in [7, 11) is -0.351. The lowest BCUT2D eigenvalue weighted by atomic mass is 9.77. The van der Waals surface area contributed by atoms with Crippen molar-refractivity contribution in [3.63, 3.8) is 0 Å². The molecule has 0 radical (unpaired) electrons. The van der Waals surface area contributed by atoms with Gasteiger partial charge in [0.15, 0.2) is 0 Å². The van der Waals surface area contributed by atoms with Crippen molar-refractivity contribution in [1.29, 1.82) is 0 Å². The van der Waals surface area contributed by atoms with E-state index >= 15 is 0 Å². The Morgan fingerprint density at radius 3 is 2.03 bits per heavy atom. The van der Waals surface area contributed by atoms with Gasteiger partial charge in [0.05, 0.1) is 11.2 Å². The lowest BCUT2D eigenvalue weighted by Gasteiger charge is -2.32. The van der Waals surface area contributed by atoms with Gasteiger partial charge >= 0.3 is 7.12 Å². The van der Waals surface area contributed by atoms with Gasteiger partial charge in [-0.2, -0.15) is 0 Å². The molecular formula is C26H23BO2S. The molecule has 5 aromatic rings. The van der Waals surface area contributed by atoms with Crippen molar-refractivity contribution in [1.82, 2.24) is 0 Å². The Balaban J connectivity index is 1.66. The van der Waals surface area contributed by atoms with Crippen LogP contribution in [0.4, 0.5) is 0 Å². The molecule has 0 spiro atoms. The van der Waals surface area contributed by atoms with Gasteiger partial charge in [0.25, 0.3) is 0 Å². The van der Waals surface area contributed by atoms with E-state index in [1.54, 1.807) is 0 Å². The highest BCUT2D eigenvalue weighted by atomic mass is 32.1. The first kappa shape index (κ1) is 18.4. The Hall–Kier alpha value is -2.40. The third kappa shape index (κ3) is 2.45. The van der Waals surface area contributed by atoms with E-state index in [9.17, 15) is 0 Å². The predicted molar refractivity (Wildman–Crippen MR) is 130 cm³/mol. The van der Waals surface area contributed by atoms with E-state index in [1.807, 2.05) is 11.3 Å². The Kier molecular flexibility index (Phi) is 3.72. The van der Waals surface area contributed by atoms with Crippen LogP contribution in [0.3, 0.4) is 0 Å². The summed E-state index contributed by atoms with van der Waals surface area (Å²) in [6.07, 6.45) is 0. The van der Waals surface area contributed by atoms with Crippen LogP contribution < -0.4 is 5.46 Å². The van der Waals surface area contributed by atoms with E-state index in [2.05, 4.69) is 94.4 Å². The average Bonchev–Trinajstić information content (AvgIpc) is 3.22.